The van der Waals surface area contributed by atoms with E-state index in [0.29, 0.717) is 31.9 Å². The van der Waals surface area contributed by atoms with Crippen molar-refractivity contribution >= 4 is 38.9 Å². The molecule has 3 aromatic carbocycles. The van der Waals surface area contributed by atoms with Crippen molar-refractivity contribution in [3.8, 4) is 5.75 Å². The fraction of sp³-hybridized carbons (Fsp3) is 0.208. The molecule has 1 aliphatic rings. The third-order valence-corrected chi connectivity index (χ3v) is 7.35. The SMILES string of the molecule is COc1ccccc1NS(=O)(=O)c1cc(C(=O)N2CCN(c3ccccc3)CC2)ccc1Cl. The molecule has 9 heteroatoms. The second-order valence-electron chi connectivity index (χ2n) is 7.57. The van der Waals surface area contributed by atoms with Crippen molar-refractivity contribution in [3.05, 3.63) is 83.4 Å². The highest BCUT2D eigenvalue weighted by atomic mass is 35.5. The summed E-state index contributed by atoms with van der Waals surface area (Å²) in [5, 5.41) is 0.0304. The molecule has 1 amide bonds. The Kier molecular flexibility index (Phi) is 6.76. The van der Waals surface area contributed by atoms with Gasteiger partial charge in [-0.2, -0.15) is 0 Å². The van der Waals surface area contributed by atoms with Gasteiger partial charge in [0, 0.05) is 37.4 Å². The van der Waals surface area contributed by atoms with Crippen LogP contribution in [0, 0.1) is 0 Å². The Balaban J connectivity index is 1.51. The highest BCUT2D eigenvalue weighted by Crippen LogP contribution is 2.30. The lowest BCUT2D eigenvalue weighted by molar-refractivity contribution is 0.0746. The maximum absolute atomic E-state index is 13.1. The number of carbonyl (C=O) groups is 1. The van der Waals surface area contributed by atoms with Crippen LogP contribution in [0.25, 0.3) is 0 Å². The van der Waals surface area contributed by atoms with Crippen LogP contribution in [0.4, 0.5) is 11.4 Å². The fourth-order valence-corrected chi connectivity index (χ4v) is 5.36. The Morgan fingerprint density at radius 1 is 0.939 bits per heavy atom. The molecule has 0 unspecified atom stereocenters. The van der Waals surface area contributed by atoms with Gasteiger partial charge in [-0.05, 0) is 42.5 Å². The average Bonchev–Trinajstić information content (AvgIpc) is 2.84. The number of nitrogens with one attached hydrogen (secondary N) is 1. The number of piperazine rings is 1. The molecule has 0 aliphatic carbocycles. The van der Waals surface area contributed by atoms with Crippen molar-refractivity contribution in [2.75, 3.05) is 42.9 Å². The first-order valence-electron chi connectivity index (χ1n) is 10.4. The van der Waals surface area contributed by atoms with Crippen LogP contribution >= 0.6 is 11.6 Å². The largest absolute Gasteiger partial charge is 0.495 e. The third kappa shape index (κ3) is 5.07. The van der Waals surface area contributed by atoms with E-state index >= 15 is 0 Å². The molecular formula is C24H24ClN3O4S. The minimum atomic E-state index is -4.05. The monoisotopic (exact) mass is 485 g/mol. The van der Waals surface area contributed by atoms with E-state index in [1.54, 1.807) is 35.2 Å². The summed E-state index contributed by atoms with van der Waals surface area (Å²) in [6, 6.07) is 21.0. The Hall–Kier alpha value is -3.23. The summed E-state index contributed by atoms with van der Waals surface area (Å²) in [5.74, 6) is 0.147. The second-order valence-corrected chi connectivity index (χ2v) is 9.62. The van der Waals surface area contributed by atoms with Crippen molar-refractivity contribution in [3.63, 3.8) is 0 Å². The van der Waals surface area contributed by atoms with Gasteiger partial charge in [0.15, 0.2) is 0 Å². The molecule has 4 rings (SSSR count). The van der Waals surface area contributed by atoms with Crippen LogP contribution in [-0.4, -0.2) is 52.5 Å². The quantitative estimate of drug-likeness (QED) is 0.568. The molecule has 7 nitrogen and oxygen atoms in total. The molecule has 1 aliphatic heterocycles. The molecule has 33 heavy (non-hydrogen) atoms. The number of halogens is 1. The van der Waals surface area contributed by atoms with Gasteiger partial charge in [0.1, 0.15) is 10.6 Å². The molecule has 0 saturated carbocycles. The number of para-hydroxylation sites is 3. The van der Waals surface area contributed by atoms with E-state index in [1.165, 1.54) is 19.2 Å². The minimum Gasteiger partial charge on any atom is -0.495 e. The second kappa shape index (κ2) is 9.72. The Bertz CT molecular complexity index is 1240. The van der Waals surface area contributed by atoms with E-state index in [-0.39, 0.29) is 27.1 Å². The fourth-order valence-electron chi connectivity index (χ4n) is 3.76. The average molecular weight is 486 g/mol. The number of hydrogen-bond donors (Lipinski definition) is 1. The molecule has 1 heterocycles. The molecule has 0 atom stereocenters. The van der Waals surface area contributed by atoms with Gasteiger partial charge < -0.3 is 14.5 Å². The summed E-state index contributed by atoms with van der Waals surface area (Å²) in [4.78, 5) is 16.9. The Morgan fingerprint density at radius 3 is 2.30 bits per heavy atom. The zero-order valence-electron chi connectivity index (χ0n) is 18.1. The normalized spacial score (nSPS) is 14.1. The zero-order chi connectivity index (χ0) is 23.4. The van der Waals surface area contributed by atoms with Gasteiger partial charge in [0.05, 0.1) is 17.8 Å². The number of hydrogen-bond acceptors (Lipinski definition) is 5. The number of ether oxygens (including phenoxy) is 1. The van der Waals surface area contributed by atoms with Gasteiger partial charge in [-0.15, -0.1) is 0 Å². The van der Waals surface area contributed by atoms with Crippen LogP contribution in [-0.2, 0) is 10.0 Å². The number of benzene rings is 3. The van der Waals surface area contributed by atoms with Crippen LogP contribution in [0.3, 0.4) is 0 Å². The summed E-state index contributed by atoms with van der Waals surface area (Å²) in [5.41, 5.74) is 1.67. The number of carbonyl (C=O) groups excluding carboxylic acids is 1. The van der Waals surface area contributed by atoms with Crippen molar-refractivity contribution in [1.29, 1.82) is 0 Å². The summed E-state index contributed by atoms with van der Waals surface area (Å²) >= 11 is 6.22. The lowest BCUT2D eigenvalue weighted by atomic mass is 10.1. The van der Waals surface area contributed by atoms with E-state index < -0.39 is 10.0 Å². The lowest BCUT2D eigenvalue weighted by Gasteiger charge is -2.36. The van der Waals surface area contributed by atoms with Gasteiger partial charge in [0.25, 0.3) is 15.9 Å². The number of rotatable bonds is 6. The third-order valence-electron chi connectivity index (χ3n) is 5.51. The van der Waals surface area contributed by atoms with E-state index in [4.69, 9.17) is 16.3 Å². The number of anilines is 2. The Labute approximate surface area is 198 Å². The summed E-state index contributed by atoms with van der Waals surface area (Å²) in [7, 11) is -2.59. The van der Waals surface area contributed by atoms with Crippen molar-refractivity contribution in [2.45, 2.75) is 4.90 Å². The molecule has 172 valence electrons. The summed E-state index contributed by atoms with van der Waals surface area (Å²) in [6.45, 7) is 2.48. The molecule has 0 radical (unpaired) electrons. The predicted octanol–water partition coefficient (Wildman–Crippen LogP) is 4.11. The van der Waals surface area contributed by atoms with Gasteiger partial charge in [0.2, 0.25) is 0 Å². The number of nitrogens with zero attached hydrogens (tertiary/aromatic N) is 2. The zero-order valence-corrected chi connectivity index (χ0v) is 19.6. The highest BCUT2D eigenvalue weighted by Gasteiger charge is 2.26. The van der Waals surface area contributed by atoms with Crippen molar-refractivity contribution < 1.29 is 17.9 Å². The molecule has 1 N–H and O–H groups in total. The first-order valence-corrected chi connectivity index (χ1v) is 12.3. The molecule has 0 bridgehead atoms. The molecule has 0 aromatic heterocycles. The van der Waals surface area contributed by atoms with E-state index in [9.17, 15) is 13.2 Å². The van der Waals surface area contributed by atoms with Gasteiger partial charge in [-0.25, -0.2) is 8.42 Å². The first-order chi connectivity index (χ1) is 15.9. The minimum absolute atomic E-state index is 0.0304. The smallest absolute Gasteiger partial charge is 0.263 e. The summed E-state index contributed by atoms with van der Waals surface area (Å²) < 4.78 is 33.8. The van der Waals surface area contributed by atoms with E-state index in [2.05, 4.69) is 9.62 Å². The standard InChI is InChI=1S/C24H24ClN3O4S/c1-32-22-10-6-5-9-21(22)26-33(30,31)23-17-18(11-12-20(23)25)24(29)28-15-13-27(14-16-28)19-7-3-2-4-8-19/h2-12,17,26H,13-16H2,1H3. The predicted molar refractivity (Wildman–Crippen MR) is 130 cm³/mol. The maximum Gasteiger partial charge on any atom is 0.263 e. The Morgan fingerprint density at radius 2 is 1.61 bits per heavy atom. The van der Waals surface area contributed by atoms with Gasteiger partial charge >= 0.3 is 0 Å². The van der Waals surface area contributed by atoms with E-state index in [1.807, 2.05) is 30.3 Å². The molecule has 1 saturated heterocycles. The lowest BCUT2D eigenvalue weighted by Crippen LogP contribution is -2.48. The van der Waals surface area contributed by atoms with Crippen LogP contribution < -0.4 is 14.4 Å². The van der Waals surface area contributed by atoms with Crippen molar-refractivity contribution in [2.24, 2.45) is 0 Å². The topological polar surface area (TPSA) is 78.9 Å². The molecule has 0 spiro atoms. The van der Waals surface area contributed by atoms with Crippen LogP contribution in [0.1, 0.15) is 10.4 Å². The summed E-state index contributed by atoms with van der Waals surface area (Å²) in [6.07, 6.45) is 0. The van der Waals surface area contributed by atoms with Crippen LogP contribution in [0.5, 0.6) is 5.75 Å². The van der Waals surface area contributed by atoms with Gasteiger partial charge in [-0.1, -0.05) is 41.9 Å². The van der Waals surface area contributed by atoms with E-state index in [0.717, 1.165) is 5.69 Å². The number of methoxy groups -OCH3 is 1. The van der Waals surface area contributed by atoms with Gasteiger partial charge in [-0.3, -0.25) is 9.52 Å². The first kappa shape index (κ1) is 22.9. The van der Waals surface area contributed by atoms with Crippen molar-refractivity contribution in [1.82, 2.24) is 4.90 Å². The van der Waals surface area contributed by atoms with Crippen LogP contribution in [0.15, 0.2) is 77.7 Å². The molecular weight excluding hydrogens is 462 g/mol. The molecule has 1 fully saturated rings. The van der Waals surface area contributed by atoms with Crippen LogP contribution in [0.2, 0.25) is 5.02 Å². The number of amides is 1. The molecule has 3 aromatic rings. The maximum atomic E-state index is 13.1. The number of sulfonamides is 1. The highest BCUT2D eigenvalue weighted by molar-refractivity contribution is 7.92.